The Kier molecular flexibility index (Phi) is 8.78. The Morgan fingerprint density at radius 2 is 0.717 bits per heavy atom. The summed E-state index contributed by atoms with van der Waals surface area (Å²) in [5.41, 5.74) is -18.9. The van der Waals surface area contributed by atoms with Crippen LogP contribution in [0.5, 0.6) is 0 Å². The van der Waals surface area contributed by atoms with Gasteiger partial charge in [-0.05, 0) is 35.4 Å². The molecule has 0 aliphatic carbocycles. The van der Waals surface area contributed by atoms with Gasteiger partial charge >= 0.3 is 24.7 Å². The lowest BCUT2D eigenvalue weighted by Gasteiger charge is -2.14. The third-order valence-electron chi connectivity index (χ3n) is 5.71. The standard InChI is InChI=1S/C26H4F14N6/c27-21-14(8-44)20(12(6-42)10-3-17(25(35,36)37)46-18(4-10)26(38,39)40)22(28)13(7-43)19(21)11(5-41)9-1-15(23(29,30)31)45-16(2-9)24(32,33)34/h1-4H/b19-11-,20-12+. The van der Waals surface area contributed by atoms with Crippen molar-refractivity contribution in [1.82, 2.24) is 9.97 Å². The van der Waals surface area contributed by atoms with Gasteiger partial charge in [-0.15, -0.1) is 0 Å². The molecule has 3 rings (SSSR count). The van der Waals surface area contributed by atoms with E-state index < -0.39 is 103 Å². The molecule has 236 valence electrons. The van der Waals surface area contributed by atoms with E-state index in [1.54, 1.807) is 0 Å². The smallest absolute Gasteiger partial charge is 0.239 e. The predicted octanol–water partition coefficient (Wildman–Crippen LogP) is 6.02. The molecule has 0 amide bonds. The van der Waals surface area contributed by atoms with Crippen molar-refractivity contribution in [3.05, 3.63) is 91.4 Å². The molecule has 6 nitrogen and oxygen atoms in total. The van der Waals surface area contributed by atoms with Crippen LogP contribution in [0.15, 0.2) is 24.3 Å². The summed E-state index contributed by atoms with van der Waals surface area (Å²) in [6.45, 7) is 0. The van der Waals surface area contributed by atoms with Gasteiger partial charge < -0.3 is 0 Å². The summed E-state index contributed by atoms with van der Waals surface area (Å²) in [6.07, 6.45) is -22.5. The summed E-state index contributed by atoms with van der Waals surface area (Å²) >= 11 is 0. The number of pyridine rings is 2. The van der Waals surface area contributed by atoms with Gasteiger partial charge in [0.15, 0.2) is 11.6 Å². The van der Waals surface area contributed by atoms with Crippen LogP contribution in [0.3, 0.4) is 0 Å². The summed E-state index contributed by atoms with van der Waals surface area (Å²) in [5.74, 6) is -4.53. The van der Waals surface area contributed by atoms with E-state index in [0.717, 1.165) is 24.3 Å². The fraction of sp³-hybridized carbons (Fsp3) is 0.154. The van der Waals surface area contributed by atoms with Gasteiger partial charge in [-0.1, -0.05) is 0 Å². The maximum absolute atomic E-state index is 15.8. The second kappa shape index (κ2) is 11.6. The molecule has 0 fully saturated rings. The molecule has 0 spiro atoms. The molecule has 2 heterocycles. The molecular weight excluding hydrogens is 662 g/mol. The van der Waals surface area contributed by atoms with Gasteiger partial charge in [0.2, 0.25) is 0 Å². The maximum Gasteiger partial charge on any atom is 0.433 e. The van der Waals surface area contributed by atoms with E-state index in [2.05, 4.69) is 9.97 Å². The average molecular weight is 666 g/mol. The van der Waals surface area contributed by atoms with Crippen molar-refractivity contribution in [2.24, 2.45) is 0 Å². The number of hydrogen-bond acceptors (Lipinski definition) is 6. The fourth-order valence-corrected chi connectivity index (χ4v) is 3.83. The first kappa shape index (κ1) is 34.7. The minimum atomic E-state index is -5.62. The summed E-state index contributed by atoms with van der Waals surface area (Å²) in [5, 5.41) is 34.9. The Morgan fingerprint density at radius 1 is 0.478 bits per heavy atom. The van der Waals surface area contributed by atoms with Crippen LogP contribution >= 0.6 is 0 Å². The Bertz CT molecular complexity index is 1850. The molecule has 0 bridgehead atoms. The lowest BCUT2D eigenvalue weighted by atomic mass is 9.93. The largest absolute Gasteiger partial charge is 0.433 e. The number of nitriles is 4. The monoisotopic (exact) mass is 666 g/mol. The second-order valence-corrected chi connectivity index (χ2v) is 8.57. The Hall–Kier alpha value is -5.76. The lowest BCUT2D eigenvalue weighted by Crippen LogP contribution is -2.31. The Morgan fingerprint density at radius 3 is 0.891 bits per heavy atom. The first-order valence-electron chi connectivity index (χ1n) is 11.2. The van der Waals surface area contributed by atoms with Crippen molar-refractivity contribution < 1.29 is 61.5 Å². The topological polar surface area (TPSA) is 121 Å². The number of hydrogen-bond donors (Lipinski definition) is 0. The van der Waals surface area contributed by atoms with Gasteiger partial charge in [0.05, 0.1) is 32.7 Å². The maximum atomic E-state index is 15.8. The van der Waals surface area contributed by atoms with Crippen molar-refractivity contribution in [3.8, 4) is 24.3 Å². The molecule has 0 saturated heterocycles. The van der Waals surface area contributed by atoms with Gasteiger partial charge in [-0.3, -0.25) is 0 Å². The first-order chi connectivity index (χ1) is 21.0. The Balaban J connectivity index is 2.70. The molecule has 3 aromatic rings. The van der Waals surface area contributed by atoms with Crippen LogP contribution in [-0.2, 0) is 24.7 Å². The minimum Gasteiger partial charge on any atom is -0.239 e. The molecule has 46 heavy (non-hydrogen) atoms. The highest BCUT2D eigenvalue weighted by Gasteiger charge is 2.41. The third-order valence-corrected chi connectivity index (χ3v) is 5.71. The number of aromatic nitrogens is 2. The van der Waals surface area contributed by atoms with Crippen LogP contribution in [0.25, 0.3) is 11.1 Å². The zero-order valence-corrected chi connectivity index (χ0v) is 21.3. The molecule has 0 atom stereocenters. The quantitative estimate of drug-likeness (QED) is 0.309. The molecule has 1 aromatic carbocycles. The summed E-state index contributed by atoms with van der Waals surface area (Å²) in [6, 6.07) is 2.95. The van der Waals surface area contributed by atoms with Gasteiger partial charge in [-0.2, -0.15) is 73.7 Å². The van der Waals surface area contributed by atoms with Crippen LogP contribution in [0, 0.1) is 57.0 Å². The summed E-state index contributed by atoms with van der Waals surface area (Å²) in [4.78, 5) is 4.74. The molecule has 0 aliphatic rings. The van der Waals surface area contributed by atoms with Crippen molar-refractivity contribution in [2.45, 2.75) is 24.7 Å². The predicted molar refractivity (Wildman–Crippen MR) is 120 cm³/mol. The average Bonchev–Trinajstić information content (AvgIpc) is 2.94. The van der Waals surface area contributed by atoms with Gasteiger partial charge in [0.1, 0.15) is 47.1 Å². The van der Waals surface area contributed by atoms with E-state index >= 15 is 8.78 Å². The van der Waals surface area contributed by atoms with Gasteiger partial charge in [-0.25, -0.2) is 18.7 Å². The van der Waals surface area contributed by atoms with Crippen LogP contribution in [0.4, 0.5) is 61.5 Å². The van der Waals surface area contributed by atoms with E-state index in [0.29, 0.717) is 0 Å². The van der Waals surface area contributed by atoms with Crippen LogP contribution in [-0.4, -0.2) is 9.97 Å². The lowest BCUT2D eigenvalue weighted by molar-refractivity contribution is -0.151. The van der Waals surface area contributed by atoms with E-state index in [1.807, 2.05) is 0 Å². The zero-order valence-electron chi connectivity index (χ0n) is 21.3. The molecule has 0 unspecified atom stereocenters. The van der Waals surface area contributed by atoms with E-state index in [1.165, 1.54) is 0 Å². The van der Waals surface area contributed by atoms with Crippen molar-refractivity contribution in [3.63, 3.8) is 0 Å². The number of nitrogens with zero attached hydrogens (tertiary/aromatic N) is 6. The normalized spacial score (nSPS) is 13.6. The van der Waals surface area contributed by atoms with Crippen molar-refractivity contribution >= 4 is 11.1 Å². The van der Waals surface area contributed by atoms with Crippen molar-refractivity contribution in [2.75, 3.05) is 0 Å². The highest BCUT2D eigenvalue weighted by atomic mass is 19.4. The third kappa shape index (κ3) is 6.51. The summed E-state index contributed by atoms with van der Waals surface area (Å²) < 4.78 is 192. The molecule has 0 aliphatic heterocycles. The van der Waals surface area contributed by atoms with Crippen LogP contribution in [0.2, 0.25) is 0 Å². The number of benzene rings is 1. The minimum absolute atomic E-state index is 0.215. The SMILES string of the molecule is N#C/C(c1cc(C(F)(F)F)nc(C(F)(F)F)c1)=c1\c(F)c(C#N)/c(=C(\C#N)c2cc(C(F)(F)F)nc(C(F)(F)F)c2)c(F)c1C#N. The van der Waals surface area contributed by atoms with Crippen LogP contribution in [0.1, 0.15) is 45.0 Å². The molecule has 2 aromatic heterocycles. The first-order valence-corrected chi connectivity index (χ1v) is 11.2. The van der Waals surface area contributed by atoms with Crippen LogP contribution < -0.4 is 10.4 Å². The van der Waals surface area contributed by atoms with E-state index in [9.17, 15) is 73.7 Å². The number of halogens is 14. The molecule has 0 radical (unpaired) electrons. The van der Waals surface area contributed by atoms with Crippen molar-refractivity contribution in [1.29, 1.82) is 21.0 Å². The molecule has 0 saturated carbocycles. The highest BCUT2D eigenvalue weighted by Crippen LogP contribution is 2.36. The summed E-state index contributed by atoms with van der Waals surface area (Å²) in [7, 11) is 0. The van der Waals surface area contributed by atoms with E-state index in [4.69, 9.17) is 0 Å². The number of alkyl halides is 12. The number of rotatable bonds is 2. The second-order valence-electron chi connectivity index (χ2n) is 8.57. The molecule has 0 N–H and O–H groups in total. The highest BCUT2D eigenvalue weighted by molar-refractivity contribution is 5.81. The molecular formula is C26H4F14N6. The Labute approximate surface area is 244 Å². The van der Waals surface area contributed by atoms with E-state index in [-0.39, 0.29) is 24.3 Å². The fourth-order valence-electron chi connectivity index (χ4n) is 3.83. The van der Waals surface area contributed by atoms with Gasteiger partial charge in [0.25, 0.3) is 0 Å². The zero-order chi connectivity index (χ0) is 35.2. The molecule has 20 heteroatoms. The van der Waals surface area contributed by atoms with Gasteiger partial charge in [0, 0.05) is 0 Å².